The van der Waals surface area contributed by atoms with Crippen molar-refractivity contribution in [3.05, 3.63) is 17.5 Å². The Morgan fingerprint density at radius 1 is 1.13 bits per heavy atom. The lowest BCUT2D eigenvalue weighted by molar-refractivity contribution is -0.193. The van der Waals surface area contributed by atoms with Crippen molar-refractivity contribution in [2.24, 2.45) is 5.92 Å². The van der Waals surface area contributed by atoms with E-state index in [1.807, 2.05) is 6.92 Å². The second kappa shape index (κ2) is 13.2. The van der Waals surface area contributed by atoms with Crippen LogP contribution in [-0.2, 0) is 25.7 Å². The summed E-state index contributed by atoms with van der Waals surface area (Å²) in [6, 6.07) is 2.11. The maximum Gasteiger partial charge on any atom is 0.490 e. The molecule has 11 nitrogen and oxygen atoms in total. The maximum absolute atomic E-state index is 11.6. The smallest absolute Gasteiger partial charge is 0.475 e. The number of hydrogen-bond acceptors (Lipinski definition) is 7. The van der Waals surface area contributed by atoms with E-state index in [4.69, 9.17) is 24.5 Å². The summed E-state index contributed by atoms with van der Waals surface area (Å²) in [4.78, 5) is 35.9. The first-order valence-electron chi connectivity index (χ1n) is 11.1. The van der Waals surface area contributed by atoms with Gasteiger partial charge < -0.3 is 19.8 Å². The highest BCUT2D eigenvalue weighted by Gasteiger charge is 2.51. The number of hydrogen-bond donors (Lipinski definition) is 3. The van der Waals surface area contributed by atoms with Crippen LogP contribution in [0.5, 0.6) is 0 Å². The van der Waals surface area contributed by atoms with Crippen molar-refractivity contribution in [2.45, 2.75) is 37.8 Å². The highest BCUT2D eigenvalue weighted by Crippen LogP contribution is 2.39. The highest BCUT2D eigenvalue weighted by molar-refractivity contribution is 5.76. The number of carboxylic acids is 2. The molecule has 2 aliphatic rings. The molecular weight excluding hydrogens is 532 g/mol. The molecule has 218 valence electrons. The molecule has 1 unspecified atom stereocenters. The number of alkyl halides is 6. The van der Waals surface area contributed by atoms with Gasteiger partial charge in [0.25, 0.3) is 0 Å². The highest BCUT2D eigenvalue weighted by atomic mass is 19.4. The van der Waals surface area contributed by atoms with E-state index in [0.29, 0.717) is 12.5 Å². The summed E-state index contributed by atoms with van der Waals surface area (Å²) in [5.41, 5.74) is 2.51. The fourth-order valence-electron chi connectivity index (χ4n) is 3.95. The van der Waals surface area contributed by atoms with Crippen molar-refractivity contribution in [2.75, 3.05) is 54.0 Å². The van der Waals surface area contributed by atoms with Gasteiger partial charge in [0.15, 0.2) is 0 Å². The van der Waals surface area contributed by atoms with Gasteiger partial charge in [-0.15, -0.1) is 0 Å². The minimum Gasteiger partial charge on any atom is -0.475 e. The molecule has 3 rings (SSSR count). The number of nitrogens with one attached hydrogen (secondary N) is 1. The molecule has 2 fully saturated rings. The van der Waals surface area contributed by atoms with E-state index in [1.165, 1.54) is 0 Å². The van der Waals surface area contributed by atoms with E-state index in [-0.39, 0.29) is 18.1 Å². The lowest BCUT2D eigenvalue weighted by Crippen LogP contribution is -2.66. The number of likely N-dealkylation sites (N-methyl/N-ethyl adjacent to an activating group) is 2. The van der Waals surface area contributed by atoms with Gasteiger partial charge in [-0.1, -0.05) is 0 Å². The van der Waals surface area contributed by atoms with Crippen molar-refractivity contribution in [3.8, 4) is 0 Å². The first-order chi connectivity index (χ1) is 17.3. The zero-order chi connectivity index (χ0) is 29.5. The van der Waals surface area contributed by atoms with Crippen LogP contribution >= 0.6 is 0 Å². The molecule has 1 amide bonds. The van der Waals surface area contributed by atoms with Crippen LogP contribution in [0.15, 0.2) is 6.07 Å². The third kappa shape index (κ3) is 10.4. The summed E-state index contributed by atoms with van der Waals surface area (Å²) in [5.74, 6) is -4.97. The lowest BCUT2D eigenvalue weighted by atomic mass is 9.84. The van der Waals surface area contributed by atoms with Gasteiger partial charge >= 0.3 is 24.3 Å². The molecule has 1 atom stereocenters. The number of carboxylic acid groups (broad SMARTS) is 2. The van der Waals surface area contributed by atoms with Crippen molar-refractivity contribution in [3.63, 3.8) is 0 Å². The Morgan fingerprint density at radius 2 is 1.63 bits per heavy atom. The molecule has 38 heavy (non-hydrogen) atoms. The van der Waals surface area contributed by atoms with E-state index in [9.17, 15) is 31.1 Å². The van der Waals surface area contributed by atoms with Crippen LogP contribution in [0.3, 0.4) is 0 Å². The van der Waals surface area contributed by atoms with Crippen molar-refractivity contribution >= 4 is 17.8 Å². The SMILES string of the molecule is Cc1cc(CN2CC3(CC(COCC(=O)N(C)C)CN3C)C2)n[nH]1.O=C(O)C(F)(F)F.O=C(O)C(F)(F)F. The Kier molecular flexibility index (Phi) is 11.5. The second-order valence-corrected chi connectivity index (χ2v) is 9.27. The Morgan fingerprint density at radius 3 is 2.03 bits per heavy atom. The number of amides is 1. The largest absolute Gasteiger partial charge is 0.490 e. The predicted octanol–water partition coefficient (Wildman–Crippen LogP) is 1.60. The minimum atomic E-state index is -5.08. The van der Waals surface area contributed by atoms with Crippen LogP contribution in [0.4, 0.5) is 26.3 Å². The Hall–Kier alpha value is -2.92. The normalized spacial score (nSPS) is 19.1. The van der Waals surface area contributed by atoms with E-state index < -0.39 is 24.3 Å². The second-order valence-electron chi connectivity index (χ2n) is 9.27. The van der Waals surface area contributed by atoms with E-state index in [2.05, 4.69) is 33.1 Å². The quantitative estimate of drug-likeness (QED) is 0.441. The standard InChI is InChI=1S/C17H29N5O2.2C2HF3O2/c1-13-5-15(19-18-13)8-22-11-17(12-22)6-14(7-21(17)4)9-24-10-16(23)20(2)3;2*3-2(4,5)1(6)7/h5,14H,6-12H2,1-4H3,(H,18,19);2*(H,6,7). The number of aryl methyl sites for hydroxylation is 1. The molecule has 3 heterocycles. The van der Waals surface area contributed by atoms with Gasteiger partial charge in [-0.3, -0.25) is 19.7 Å². The first-order valence-corrected chi connectivity index (χ1v) is 11.1. The average molecular weight is 563 g/mol. The molecule has 0 aliphatic carbocycles. The molecule has 0 bridgehead atoms. The Bertz CT molecular complexity index is 922. The molecule has 0 aromatic carbocycles. The van der Waals surface area contributed by atoms with Crippen molar-refractivity contribution < 1.29 is 55.7 Å². The van der Waals surface area contributed by atoms with Crippen LogP contribution in [0.1, 0.15) is 17.8 Å². The van der Waals surface area contributed by atoms with E-state index in [0.717, 1.165) is 44.0 Å². The van der Waals surface area contributed by atoms with Crippen molar-refractivity contribution in [1.82, 2.24) is 24.9 Å². The lowest BCUT2D eigenvalue weighted by Gasteiger charge is -2.52. The molecule has 0 radical (unpaired) electrons. The van der Waals surface area contributed by atoms with Crippen molar-refractivity contribution in [1.29, 1.82) is 0 Å². The van der Waals surface area contributed by atoms with Gasteiger partial charge in [-0.2, -0.15) is 31.4 Å². The number of rotatable bonds is 6. The minimum absolute atomic E-state index is 0.0279. The average Bonchev–Trinajstić information content (AvgIpc) is 3.29. The number of carbonyl (C=O) groups is 3. The van der Waals surface area contributed by atoms with E-state index in [1.54, 1.807) is 19.0 Å². The van der Waals surface area contributed by atoms with E-state index >= 15 is 0 Å². The molecule has 2 aliphatic heterocycles. The number of ether oxygens (including phenoxy) is 1. The number of aromatic amines is 1. The fourth-order valence-corrected chi connectivity index (χ4v) is 3.95. The summed E-state index contributed by atoms with van der Waals surface area (Å²) >= 11 is 0. The summed E-state index contributed by atoms with van der Waals surface area (Å²) in [5, 5.41) is 21.6. The Balaban J connectivity index is 0.000000426. The molecule has 1 spiro atoms. The van der Waals surface area contributed by atoms with Gasteiger partial charge in [0, 0.05) is 51.5 Å². The van der Waals surface area contributed by atoms with Gasteiger partial charge in [0.1, 0.15) is 6.61 Å². The van der Waals surface area contributed by atoms with Crippen LogP contribution in [0, 0.1) is 12.8 Å². The monoisotopic (exact) mass is 563 g/mol. The molecule has 3 N–H and O–H groups in total. The molecular formula is C21H31F6N5O6. The van der Waals surface area contributed by atoms with Gasteiger partial charge in [0.2, 0.25) is 5.91 Å². The molecule has 1 aromatic heterocycles. The number of likely N-dealkylation sites (tertiary alicyclic amines) is 2. The summed E-state index contributed by atoms with van der Waals surface area (Å²) in [6.07, 6.45) is -9.02. The molecule has 1 aromatic rings. The predicted molar refractivity (Wildman–Crippen MR) is 119 cm³/mol. The topological polar surface area (TPSA) is 139 Å². The van der Waals surface area contributed by atoms with Crippen LogP contribution < -0.4 is 0 Å². The third-order valence-electron chi connectivity index (χ3n) is 5.75. The summed E-state index contributed by atoms with van der Waals surface area (Å²) in [7, 11) is 5.72. The molecule has 17 heteroatoms. The summed E-state index contributed by atoms with van der Waals surface area (Å²) in [6.45, 7) is 7.02. The number of carbonyl (C=O) groups excluding carboxylic acids is 1. The Labute approximate surface area is 214 Å². The van der Waals surface area contributed by atoms with Crippen LogP contribution in [-0.4, -0.2) is 125 Å². The summed E-state index contributed by atoms with van der Waals surface area (Å²) < 4.78 is 69.1. The van der Waals surface area contributed by atoms with Crippen LogP contribution in [0.2, 0.25) is 0 Å². The van der Waals surface area contributed by atoms with Gasteiger partial charge in [0.05, 0.1) is 12.3 Å². The third-order valence-corrected chi connectivity index (χ3v) is 5.75. The molecule has 2 saturated heterocycles. The number of aromatic nitrogens is 2. The van der Waals surface area contributed by atoms with Gasteiger partial charge in [-0.25, -0.2) is 9.59 Å². The number of halogens is 6. The number of aliphatic carboxylic acids is 2. The van der Waals surface area contributed by atoms with Gasteiger partial charge in [-0.05, 0) is 32.4 Å². The van der Waals surface area contributed by atoms with Crippen LogP contribution in [0.25, 0.3) is 0 Å². The maximum atomic E-state index is 11.6. The molecule has 0 saturated carbocycles. The number of H-pyrrole nitrogens is 1. The first kappa shape index (κ1) is 33.1. The number of nitrogens with zero attached hydrogens (tertiary/aromatic N) is 4. The zero-order valence-corrected chi connectivity index (χ0v) is 21.2. The zero-order valence-electron chi connectivity index (χ0n) is 21.2. The fraction of sp³-hybridized carbons (Fsp3) is 0.714.